The lowest BCUT2D eigenvalue weighted by molar-refractivity contribution is 0.128. The third kappa shape index (κ3) is 8.54. The van der Waals surface area contributed by atoms with Crippen LogP contribution >= 0.6 is 0 Å². The van der Waals surface area contributed by atoms with Gasteiger partial charge in [0, 0.05) is 0 Å². The summed E-state index contributed by atoms with van der Waals surface area (Å²) in [5.74, 6) is 0. The van der Waals surface area contributed by atoms with Crippen molar-refractivity contribution < 1.29 is 27.8 Å². The molecule has 0 aliphatic carbocycles. The van der Waals surface area contributed by atoms with E-state index in [-0.39, 0.29) is 13.2 Å². The topological polar surface area (TPSA) is 52.6 Å². The molecule has 0 aromatic carbocycles. The average Bonchev–Trinajstić information content (AvgIpc) is 1.95. The van der Waals surface area contributed by atoms with Gasteiger partial charge in [0.05, 0.1) is 0 Å². The zero-order valence-electron chi connectivity index (χ0n) is 5.96. The molecule has 0 aliphatic rings. The third-order valence-electron chi connectivity index (χ3n) is 0.753. The molecular weight excluding hydrogens is 174 g/mol. The van der Waals surface area contributed by atoms with Gasteiger partial charge in [-0.3, -0.25) is 0 Å². The van der Waals surface area contributed by atoms with Crippen molar-refractivity contribution >= 4 is 12.4 Å². The molecule has 0 saturated carbocycles. The van der Waals surface area contributed by atoms with E-state index in [1.807, 2.05) is 0 Å². The van der Waals surface area contributed by atoms with E-state index < -0.39 is 12.4 Å². The van der Waals surface area contributed by atoms with Crippen molar-refractivity contribution in [3.63, 3.8) is 0 Å². The van der Waals surface area contributed by atoms with Crippen LogP contribution in [0.5, 0.6) is 0 Å². The van der Waals surface area contributed by atoms with Crippen LogP contribution in [0.4, 0.5) is 18.4 Å². The maximum absolute atomic E-state index is 11.3. The highest BCUT2D eigenvalue weighted by molar-refractivity contribution is 5.58. The Kier molecular flexibility index (Phi) is 5.50. The van der Waals surface area contributed by atoms with Crippen LogP contribution < -0.4 is 0 Å². The standard InChI is InChI=1S/C6H6F2O4/c7-5(9)11-3-1-2-4-12-6(8)10/h1-2H,3-4H2. The second-order valence-corrected chi connectivity index (χ2v) is 1.57. The molecule has 0 saturated heterocycles. The van der Waals surface area contributed by atoms with Gasteiger partial charge in [-0.15, -0.1) is 8.78 Å². The van der Waals surface area contributed by atoms with E-state index in [0.29, 0.717) is 0 Å². The van der Waals surface area contributed by atoms with E-state index in [2.05, 4.69) is 9.47 Å². The minimum atomic E-state index is -1.90. The number of ether oxygens (including phenoxy) is 2. The summed E-state index contributed by atoms with van der Waals surface area (Å²) in [4.78, 5) is 19.0. The molecule has 0 fully saturated rings. The van der Waals surface area contributed by atoms with Crippen molar-refractivity contribution in [2.75, 3.05) is 13.2 Å². The zero-order valence-corrected chi connectivity index (χ0v) is 5.96. The molecule has 0 unspecified atom stereocenters. The second kappa shape index (κ2) is 6.26. The fourth-order valence-corrected chi connectivity index (χ4v) is 0.363. The van der Waals surface area contributed by atoms with Crippen LogP contribution in [-0.4, -0.2) is 25.7 Å². The second-order valence-electron chi connectivity index (χ2n) is 1.57. The summed E-state index contributed by atoms with van der Waals surface area (Å²) >= 11 is 0. The third-order valence-corrected chi connectivity index (χ3v) is 0.753. The minimum Gasteiger partial charge on any atom is -0.436 e. The summed E-state index contributed by atoms with van der Waals surface area (Å²) in [6.45, 7) is -0.557. The lowest BCUT2D eigenvalue weighted by Gasteiger charge is -1.92. The highest BCUT2D eigenvalue weighted by Gasteiger charge is 1.94. The molecule has 0 radical (unpaired) electrons. The van der Waals surface area contributed by atoms with Crippen molar-refractivity contribution in [2.24, 2.45) is 0 Å². The summed E-state index contributed by atoms with van der Waals surface area (Å²) < 4.78 is 30.2. The number of hydrogen-bond donors (Lipinski definition) is 0. The highest BCUT2D eigenvalue weighted by Crippen LogP contribution is 1.85. The Morgan fingerprint density at radius 1 is 1.00 bits per heavy atom. The van der Waals surface area contributed by atoms with E-state index in [1.165, 1.54) is 12.2 Å². The SMILES string of the molecule is O=C(F)OCC=CCOC(=O)F. The van der Waals surface area contributed by atoms with E-state index in [1.54, 1.807) is 0 Å². The first-order chi connectivity index (χ1) is 5.63. The van der Waals surface area contributed by atoms with Crippen LogP contribution in [-0.2, 0) is 9.47 Å². The van der Waals surface area contributed by atoms with Crippen LogP contribution in [0.2, 0.25) is 0 Å². The smallest absolute Gasteiger partial charge is 0.436 e. The predicted octanol–water partition coefficient (Wildman–Crippen LogP) is 1.75. The average molecular weight is 180 g/mol. The molecule has 0 heterocycles. The van der Waals surface area contributed by atoms with Gasteiger partial charge < -0.3 is 9.47 Å². The predicted molar refractivity (Wildman–Crippen MR) is 34.1 cm³/mol. The highest BCUT2D eigenvalue weighted by atomic mass is 19.2. The molecule has 68 valence electrons. The van der Waals surface area contributed by atoms with Gasteiger partial charge in [-0.2, -0.15) is 0 Å². The maximum atomic E-state index is 11.3. The molecule has 0 aromatic rings. The van der Waals surface area contributed by atoms with Gasteiger partial charge in [0.1, 0.15) is 13.2 Å². The van der Waals surface area contributed by atoms with Gasteiger partial charge in [0.2, 0.25) is 0 Å². The largest absolute Gasteiger partial charge is 0.495 e. The van der Waals surface area contributed by atoms with Crippen LogP contribution in [0.1, 0.15) is 0 Å². The Balaban J connectivity index is 3.26. The van der Waals surface area contributed by atoms with Gasteiger partial charge in [-0.05, 0) is 12.2 Å². The summed E-state index contributed by atoms with van der Waals surface area (Å²) in [6.07, 6.45) is -1.38. The molecule has 4 nitrogen and oxygen atoms in total. The normalized spacial score (nSPS) is 9.83. The van der Waals surface area contributed by atoms with Crippen molar-refractivity contribution in [2.45, 2.75) is 0 Å². The summed E-state index contributed by atoms with van der Waals surface area (Å²) in [5.41, 5.74) is 0. The van der Waals surface area contributed by atoms with Gasteiger partial charge >= 0.3 is 12.4 Å². The molecule has 0 rings (SSSR count). The number of rotatable bonds is 4. The van der Waals surface area contributed by atoms with Gasteiger partial charge in [0.25, 0.3) is 0 Å². The first kappa shape index (κ1) is 10.5. The van der Waals surface area contributed by atoms with Crippen molar-refractivity contribution in [3.05, 3.63) is 12.2 Å². The quantitative estimate of drug-likeness (QED) is 0.488. The molecule has 12 heavy (non-hydrogen) atoms. The van der Waals surface area contributed by atoms with Crippen molar-refractivity contribution in [1.82, 2.24) is 0 Å². The lowest BCUT2D eigenvalue weighted by Crippen LogP contribution is -1.96. The van der Waals surface area contributed by atoms with E-state index in [4.69, 9.17) is 0 Å². The molecule has 0 bridgehead atoms. The zero-order chi connectivity index (χ0) is 9.40. The molecule has 0 amide bonds. The van der Waals surface area contributed by atoms with Gasteiger partial charge in [-0.25, -0.2) is 9.59 Å². The van der Waals surface area contributed by atoms with Gasteiger partial charge in [-0.1, -0.05) is 0 Å². The van der Waals surface area contributed by atoms with Crippen LogP contribution in [0.3, 0.4) is 0 Å². The van der Waals surface area contributed by atoms with Gasteiger partial charge in [0.15, 0.2) is 0 Å². The first-order valence-corrected chi connectivity index (χ1v) is 2.92. The number of carbonyl (C=O) groups excluding carboxylic acids is 2. The summed E-state index contributed by atoms with van der Waals surface area (Å²) in [5, 5.41) is 0. The van der Waals surface area contributed by atoms with E-state index in [0.717, 1.165) is 0 Å². The molecule has 6 heteroatoms. The van der Waals surface area contributed by atoms with Crippen molar-refractivity contribution in [3.8, 4) is 0 Å². The number of halogens is 2. The van der Waals surface area contributed by atoms with E-state index >= 15 is 0 Å². The van der Waals surface area contributed by atoms with E-state index in [9.17, 15) is 18.4 Å². The number of carbonyl (C=O) groups is 2. The molecule has 0 atom stereocenters. The number of hydrogen-bond acceptors (Lipinski definition) is 4. The molecule has 0 aliphatic heterocycles. The van der Waals surface area contributed by atoms with Crippen LogP contribution in [0, 0.1) is 0 Å². The maximum Gasteiger partial charge on any atom is 0.495 e. The minimum absolute atomic E-state index is 0.279. The van der Waals surface area contributed by atoms with Crippen molar-refractivity contribution in [1.29, 1.82) is 0 Å². The molecule has 0 N–H and O–H groups in total. The fraction of sp³-hybridized carbons (Fsp3) is 0.333. The summed E-state index contributed by atoms with van der Waals surface area (Å²) in [7, 11) is 0. The molecule has 0 spiro atoms. The Hall–Kier alpha value is -1.46. The lowest BCUT2D eigenvalue weighted by atomic mass is 10.5. The summed E-state index contributed by atoms with van der Waals surface area (Å²) in [6, 6.07) is 0. The first-order valence-electron chi connectivity index (χ1n) is 2.92. The molecule has 0 aromatic heterocycles. The Morgan fingerprint density at radius 3 is 1.58 bits per heavy atom. The Morgan fingerprint density at radius 2 is 1.33 bits per heavy atom. The molecular formula is C6H6F2O4. The Bertz CT molecular complexity index is 170. The Labute approximate surface area is 66.8 Å². The fourth-order valence-electron chi connectivity index (χ4n) is 0.363. The monoisotopic (exact) mass is 180 g/mol. The van der Waals surface area contributed by atoms with Crippen LogP contribution in [0.15, 0.2) is 12.2 Å². The van der Waals surface area contributed by atoms with Crippen LogP contribution in [0.25, 0.3) is 0 Å².